The molecule has 11 N–H and O–H groups in total. The predicted molar refractivity (Wildman–Crippen MR) is 262 cm³/mol. The number of ether oxygens (including phenoxy) is 8. The summed E-state index contributed by atoms with van der Waals surface area (Å²) in [4.78, 5) is 39.2. The van der Waals surface area contributed by atoms with E-state index in [1.807, 2.05) is 13.8 Å². The fourth-order valence-corrected chi connectivity index (χ4v) is 15.9. The molecule has 25 atom stereocenters. The third-order valence-corrected chi connectivity index (χ3v) is 20.5. The van der Waals surface area contributed by atoms with Gasteiger partial charge in [-0.2, -0.15) is 0 Å². The van der Waals surface area contributed by atoms with Gasteiger partial charge in [-0.3, -0.25) is 4.79 Å². The largest absolute Gasteiger partial charge is 0.479 e. The molecule has 0 aromatic carbocycles. The van der Waals surface area contributed by atoms with Gasteiger partial charge in [0, 0.05) is 17.9 Å². The number of allylic oxidation sites excluding steroid dienone is 3. The Bertz CT molecular complexity index is 2220. The monoisotopic (exact) mass is 1080 g/mol. The molecule has 0 bridgehead atoms. The number of fused-ring (bicyclic) bond motifs is 7. The summed E-state index contributed by atoms with van der Waals surface area (Å²) < 4.78 is 48.7. The van der Waals surface area contributed by atoms with E-state index in [1.165, 1.54) is 6.92 Å². The first-order valence-corrected chi connectivity index (χ1v) is 26.9. The lowest BCUT2D eigenvalue weighted by molar-refractivity contribution is -0.392. The minimum Gasteiger partial charge on any atom is -0.479 e. The Morgan fingerprint density at radius 1 is 0.724 bits per heavy atom. The maximum absolute atomic E-state index is 13.4. The van der Waals surface area contributed by atoms with Gasteiger partial charge in [0.25, 0.3) is 0 Å². The average molecular weight is 1090 g/mol. The topological polar surface area (TPSA) is 348 Å². The molecule has 3 aliphatic heterocycles. The number of carboxylic acids is 1. The van der Waals surface area contributed by atoms with Gasteiger partial charge in [-0.1, -0.05) is 66.2 Å². The van der Waals surface area contributed by atoms with Crippen molar-refractivity contribution in [1.29, 1.82) is 0 Å². The van der Waals surface area contributed by atoms with E-state index < -0.39 is 181 Å². The number of aliphatic hydroxyl groups excluding tert-OH is 10. The van der Waals surface area contributed by atoms with Crippen LogP contribution in [0, 0.1) is 50.2 Å². The van der Waals surface area contributed by atoms with E-state index in [1.54, 1.807) is 19.9 Å². The van der Waals surface area contributed by atoms with E-state index in [4.69, 9.17) is 37.9 Å². The van der Waals surface area contributed by atoms with E-state index >= 15 is 0 Å². The van der Waals surface area contributed by atoms with Gasteiger partial charge in [0.15, 0.2) is 25.0 Å². The van der Waals surface area contributed by atoms with E-state index in [0.717, 1.165) is 5.57 Å². The van der Waals surface area contributed by atoms with Gasteiger partial charge in [-0.05, 0) is 98.2 Å². The van der Waals surface area contributed by atoms with E-state index in [0.29, 0.717) is 44.1 Å². The summed E-state index contributed by atoms with van der Waals surface area (Å²) >= 11 is 0. The van der Waals surface area contributed by atoms with Gasteiger partial charge in [0.05, 0.1) is 37.4 Å². The zero-order valence-electron chi connectivity index (χ0n) is 45.3. The van der Waals surface area contributed by atoms with Gasteiger partial charge in [-0.15, -0.1) is 0 Å². The minimum atomic E-state index is -2.10. The van der Waals surface area contributed by atoms with Gasteiger partial charge < -0.3 is 94.1 Å². The fourth-order valence-electron chi connectivity index (χ4n) is 15.9. The lowest BCUT2D eigenvalue weighted by Crippen LogP contribution is -2.72. The SMILES string of the molecule is C/C=C(/C)C(=O)O[C@H]1[C@H](OC(C)=O)[C@]2(CO)[C@H](O)C[C@]3(C)C(=CC[C@@H]4[C@@]5(C)CC[C@H](O[C@H]6O[C@H](C(=O)O)[C@@H](O)[C@H](O[C@@H]7OC[C@@H](O)[C@H](O)[C@H]7O)[C@H]6O[C@@H]6O[C@H](CO)[C@@H](O)[C@H](O)[C@H]6O)C(C)(C)[C@@H]5CC[C@]43C)[C@@H]2CC1(C)C. The molecule has 0 amide bonds. The normalized spacial score (nSPS) is 49.9. The Morgan fingerprint density at radius 2 is 1.38 bits per heavy atom. The van der Waals surface area contributed by atoms with Gasteiger partial charge in [0.1, 0.15) is 73.2 Å². The number of carbonyl (C=O) groups is 3. The first-order valence-electron chi connectivity index (χ1n) is 26.9. The van der Waals surface area contributed by atoms with Crippen molar-refractivity contribution < 1.29 is 108 Å². The smallest absolute Gasteiger partial charge is 0.335 e. The quantitative estimate of drug-likeness (QED) is 0.0543. The van der Waals surface area contributed by atoms with E-state index in [9.17, 15) is 70.6 Å². The second-order valence-electron chi connectivity index (χ2n) is 25.2. The standard InChI is InChI=1S/C54H84O22/c1-11-23(2)45(68)76-42-43(70-24(3)57)54(22-56)26(18-49(42,4)5)25-12-13-30-51(8)16-15-32(50(6,7)29(51)14-17-52(30,9)53(25,10)19-31(54)59)72-48-41(75-47-37(64)35(62)34(61)28(20-55)71-47)39(38(65)40(74-48)44(66)67)73-46-36(63)33(60)27(58)21-69-46/h11-12,26-43,46-48,55-56,58-65H,13-22H2,1-10H3,(H,66,67)/b23-11-/t26-,27+,28+,29-,30+,31+,32-,33-,34+,35-,36+,37+,38-,39-,40-,41+,42-,43-,46-,47-,48-,51-,52+,53+,54-/m0/s1. The summed E-state index contributed by atoms with van der Waals surface area (Å²) in [6.45, 7) is 17.6. The van der Waals surface area contributed by atoms with Crippen LogP contribution in [0.25, 0.3) is 0 Å². The highest BCUT2D eigenvalue weighted by molar-refractivity contribution is 5.87. The zero-order chi connectivity index (χ0) is 56.2. The summed E-state index contributed by atoms with van der Waals surface area (Å²) in [6, 6.07) is 0. The number of carboxylic acid groups (broad SMARTS) is 1. The van der Waals surface area contributed by atoms with Crippen LogP contribution in [0.2, 0.25) is 0 Å². The number of esters is 2. The van der Waals surface area contributed by atoms with Crippen LogP contribution < -0.4 is 0 Å². The molecule has 4 saturated carbocycles. The Hall–Kier alpha value is -2.75. The number of carbonyl (C=O) groups excluding carboxylic acids is 2. The van der Waals surface area contributed by atoms with Crippen LogP contribution in [-0.4, -0.2) is 204 Å². The molecule has 76 heavy (non-hydrogen) atoms. The van der Waals surface area contributed by atoms with Crippen molar-refractivity contribution in [3.05, 3.63) is 23.3 Å². The Morgan fingerprint density at radius 3 is 2.00 bits per heavy atom. The molecule has 0 spiro atoms. The molecular weight excluding hydrogens is 1000 g/mol. The second-order valence-corrected chi connectivity index (χ2v) is 25.2. The average Bonchev–Trinajstić information content (AvgIpc) is 3.34. The molecule has 0 aromatic heterocycles. The molecule has 8 rings (SSSR count). The summed E-state index contributed by atoms with van der Waals surface area (Å²) in [5, 5.41) is 121. The highest BCUT2D eigenvalue weighted by Gasteiger charge is 2.74. The molecule has 0 unspecified atom stereocenters. The maximum atomic E-state index is 13.4. The van der Waals surface area contributed by atoms with E-state index in [-0.39, 0.29) is 23.7 Å². The summed E-state index contributed by atoms with van der Waals surface area (Å²) in [5.41, 5.74) is -2.88. The number of hydrogen-bond acceptors (Lipinski definition) is 21. The van der Waals surface area contributed by atoms with E-state index in [2.05, 4.69) is 40.7 Å². The molecule has 3 heterocycles. The number of hydrogen-bond donors (Lipinski definition) is 11. The van der Waals surface area contributed by atoms with Crippen molar-refractivity contribution in [2.45, 2.75) is 225 Å². The van der Waals surface area contributed by atoms with Crippen LogP contribution in [0.3, 0.4) is 0 Å². The predicted octanol–water partition coefficient (Wildman–Crippen LogP) is 0.346. The molecule has 22 nitrogen and oxygen atoms in total. The molecule has 432 valence electrons. The van der Waals surface area contributed by atoms with Gasteiger partial charge in [0.2, 0.25) is 0 Å². The Balaban J connectivity index is 1.11. The van der Waals surface area contributed by atoms with Crippen LogP contribution in [-0.2, 0) is 52.3 Å². The summed E-state index contributed by atoms with van der Waals surface area (Å²) in [6.07, 6.45) is -22.0. The number of aliphatic carboxylic acids is 1. The van der Waals surface area contributed by atoms with Gasteiger partial charge >= 0.3 is 17.9 Å². The third-order valence-electron chi connectivity index (χ3n) is 20.5. The maximum Gasteiger partial charge on any atom is 0.335 e. The van der Waals surface area contributed by atoms with Crippen LogP contribution in [0.1, 0.15) is 114 Å². The van der Waals surface area contributed by atoms with Crippen molar-refractivity contribution in [2.24, 2.45) is 50.2 Å². The highest BCUT2D eigenvalue weighted by atomic mass is 16.8. The Kier molecular flexibility index (Phi) is 16.6. The first-order chi connectivity index (χ1) is 35.4. The lowest BCUT2D eigenvalue weighted by atomic mass is 9.33. The minimum absolute atomic E-state index is 0.0354. The molecule has 22 heteroatoms. The second kappa shape index (κ2) is 21.3. The fraction of sp³-hybridized carbons (Fsp3) is 0.870. The molecular formula is C54H84O22. The van der Waals surface area contributed by atoms with Crippen molar-refractivity contribution in [2.75, 3.05) is 19.8 Å². The molecule has 3 saturated heterocycles. The lowest BCUT2D eigenvalue weighted by Gasteiger charge is -2.72. The van der Waals surface area contributed by atoms with Crippen LogP contribution in [0.15, 0.2) is 23.3 Å². The van der Waals surface area contributed by atoms with Crippen LogP contribution in [0.4, 0.5) is 0 Å². The van der Waals surface area contributed by atoms with Gasteiger partial charge in [-0.25, -0.2) is 9.59 Å². The zero-order valence-corrected chi connectivity index (χ0v) is 45.3. The van der Waals surface area contributed by atoms with Crippen LogP contribution in [0.5, 0.6) is 0 Å². The summed E-state index contributed by atoms with van der Waals surface area (Å²) in [7, 11) is 0. The summed E-state index contributed by atoms with van der Waals surface area (Å²) in [5.74, 6) is -3.33. The molecule has 7 fully saturated rings. The molecule has 0 radical (unpaired) electrons. The van der Waals surface area contributed by atoms with Crippen molar-refractivity contribution in [3.8, 4) is 0 Å². The van der Waals surface area contributed by atoms with Crippen molar-refractivity contribution in [3.63, 3.8) is 0 Å². The highest BCUT2D eigenvalue weighted by Crippen LogP contribution is 2.76. The third kappa shape index (κ3) is 9.42. The Labute approximate surface area is 443 Å². The van der Waals surface area contributed by atoms with Crippen LogP contribution >= 0.6 is 0 Å². The van der Waals surface area contributed by atoms with Crippen molar-refractivity contribution >= 4 is 17.9 Å². The molecule has 5 aliphatic carbocycles. The molecule has 0 aromatic rings. The molecule has 8 aliphatic rings. The van der Waals surface area contributed by atoms with Crippen molar-refractivity contribution in [1.82, 2.24) is 0 Å². The number of aliphatic hydroxyl groups is 10. The first kappa shape index (κ1) is 59.4. The number of rotatable bonds is 12.